The van der Waals surface area contributed by atoms with E-state index >= 15 is 0 Å². The van der Waals surface area contributed by atoms with E-state index in [-0.39, 0.29) is 5.91 Å². The number of nitriles is 1. The number of para-hydroxylation sites is 2. The third kappa shape index (κ3) is 4.17. The van der Waals surface area contributed by atoms with Crippen molar-refractivity contribution in [2.24, 2.45) is 0 Å². The first-order valence-corrected chi connectivity index (χ1v) is 9.44. The zero-order valence-electron chi connectivity index (χ0n) is 15.8. The summed E-state index contributed by atoms with van der Waals surface area (Å²) >= 11 is 0. The van der Waals surface area contributed by atoms with Crippen LogP contribution >= 0.6 is 0 Å². The van der Waals surface area contributed by atoms with Crippen LogP contribution in [-0.2, 0) is 0 Å². The Kier molecular flexibility index (Phi) is 5.34. The van der Waals surface area contributed by atoms with Crippen LogP contribution < -0.4 is 10.2 Å². The van der Waals surface area contributed by atoms with E-state index in [0.29, 0.717) is 35.9 Å². The Balaban J connectivity index is 1.38. The number of carbonyl (C=O) groups excluding carboxylic acids is 1. The van der Waals surface area contributed by atoms with E-state index in [4.69, 9.17) is 5.26 Å². The highest BCUT2D eigenvalue weighted by molar-refractivity contribution is 5.92. The number of hydrogen-bond donors (Lipinski definition) is 1. The second-order valence-electron chi connectivity index (χ2n) is 6.70. The van der Waals surface area contributed by atoms with Crippen LogP contribution in [0.2, 0.25) is 0 Å². The summed E-state index contributed by atoms with van der Waals surface area (Å²) in [5.41, 5.74) is 2.66. The van der Waals surface area contributed by atoms with Gasteiger partial charge in [0.1, 0.15) is 6.07 Å². The molecule has 0 unspecified atom stereocenters. The molecule has 1 N–H and O–H groups in total. The van der Waals surface area contributed by atoms with Gasteiger partial charge in [-0.25, -0.2) is 0 Å². The Hall–Kier alpha value is -3.92. The molecule has 3 aromatic rings. The summed E-state index contributed by atoms with van der Waals surface area (Å²) in [6.45, 7) is 2.86. The molecule has 144 valence electrons. The van der Waals surface area contributed by atoms with Gasteiger partial charge in [0.2, 0.25) is 0 Å². The number of carbonyl (C=O) groups is 1. The van der Waals surface area contributed by atoms with Gasteiger partial charge in [0.25, 0.3) is 5.91 Å². The highest BCUT2D eigenvalue weighted by Crippen LogP contribution is 2.19. The lowest BCUT2D eigenvalue weighted by molar-refractivity contribution is 0.0739. The summed E-state index contributed by atoms with van der Waals surface area (Å²) in [6.07, 6.45) is 0. The second kappa shape index (κ2) is 8.40. The molecule has 1 amide bonds. The minimum absolute atomic E-state index is 0.116. The Morgan fingerprint density at radius 3 is 2.31 bits per heavy atom. The van der Waals surface area contributed by atoms with Gasteiger partial charge in [0.05, 0.1) is 11.3 Å². The maximum Gasteiger partial charge on any atom is 0.274 e. The van der Waals surface area contributed by atoms with Gasteiger partial charge in [-0.05, 0) is 36.4 Å². The minimum atomic E-state index is -0.116. The summed E-state index contributed by atoms with van der Waals surface area (Å²) in [4.78, 5) is 16.8. The van der Waals surface area contributed by atoms with Crippen molar-refractivity contribution in [3.8, 4) is 6.07 Å². The molecule has 1 fully saturated rings. The minimum Gasteiger partial charge on any atom is -0.368 e. The summed E-state index contributed by atoms with van der Waals surface area (Å²) < 4.78 is 0. The van der Waals surface area contributed by atoms with Crippen LogP contribution in [0, 0.1) is 11.3 Å². The second-order valence-corrected chi connectivity index (χ2v) is 6.70. The van der Waals surface area contributed by atoms with Crippen molar-refractivity contribution >= 4 is 23.1 Å². The maximum absolute atomic E-state index is 12.8. The monoisotopic (exact) mass is 384 g/mol. The van der Waals surface area contributed by atoms with Crippen LogP contribution in [-0.4, -0.2) is 47.2 Å². The smallest absolute Gasteiger partial charge is 0.274 e. The van der Waals surface area contributed by atoms with Crippen molar-refractivity contribution in [2.75, 3.05) is 36.4 Å². The van der Waals surface area contributed by atoms with Crippen molar-refractivity contribution in [3.05, 3.63) is 78.0 Å². The molecule has 7 heteroatoms. The molecule has 1 aliphatic heterocycles. The van der Waals surface area contributed by atoms with E-state index in [2.05, 4.69) is 38.6 Å². The van der Waals surface area contributed by atoms with Crippen molar-refractivity contribution in [1.29, 1.82) is 5.26 Å². The predicted octanol–water partition coefficient (Wildman–Crippen LogP) is 3.05. The van der Waals surface area contributed by atoms with E-state index in [1.54, 1.807) is 30.3 Å². The van der Waals surface area contributed by atoms with E-state index in [0.717, 1.165) is 13.1 Å². The molecule has 4 rings (SSSR count). The van der Waals surface area contributed by atoms with E-state index in [1.165, 1.54) is 5.69 Å². The lowest BCUT2D eigenvalue weighted by atomic mass is 10.2. The van der Waals surface area contributed by atoms with Crippen molar-refractivity contribution in [2.45, 2.75) is 0 Å². The average Bonchev–Trinajstić information content (AvgIpc) is 2.80. The Morgan fingerprint density at radius 1 is 0.897 bits per heavy atom. The predicted molar refractivity (Wildman–Crippen MR) is 111 cm³/mol. The van der Waals surface area contributed by atoms with Crippen LogP contribution in [0.1, 0.15) is 16.1 Å². The zero-order valence-corrected chi connectivity index (χ0v) is 15.8. The fourth-order valence-corrected chi connectivity index (χ4v) is 3.31. The van der Waals surface area contributed by atoms with E-state index in [9.17, 15) is 4.79 Å². The first-order valence-electron chi connectivity index (χ1n) is 9.44. The number of piperazine rings is 1. The van der Waals surface area contributed by atoms with Gasteiger partial charge in [-0.15, -0.1) is 10.2 Å². The fourth-order valence-electron chi connectivity index (χ4n) is 3.31. The fraction of sp³-hybridized carbons (Fsp3) is 0.182. The molecule has 1 aromatic heterocycles. The summed E-state index contributed by atoms with van der Waals surface area (Å²) in [6, 6.07) is 22.9. The van der Waals surface area contributed by atoms with Gasteiger partial charge in [0, 0.05) is 31.9 Å². The van der Waals surface area contributed by atoms with E-state index < -0.39 is 0 Å². The standard InChI is InChI=1S/C22H20N6O/c23-16-17-6-4-5-9-19(17)24-21-11-10-20(25-26-21)22(29)28-14-12-27(13-15-28)18-7-2-1-3-8-18/h1-11H,12-15H2,(H,24,26). The topological polar surface area (TPSA) is 85.2 Å². The van der Waals surface area contributed by atoms with Gasteiger partial charge in [-0.2, -0.15) is 5.26 Å². The first kappa shape index (κ1) is 18.4. The van der Waals surface area contributed by atoms with E-state index in [1.807, 2.05) is 29.2 Å². The number of rotatable bonds is 4. The van der Waals surface area contributed by atoms with Gasteiger partial charge < -0.3 is 15.1 Å². The van der Waals surface area contributed by atoms with Gasteiger partial charge >= 0.3 is 0 Å². The molecule has 2 heterocycles. The van der Waals surface area contributed by atoms with Crippen LogP contribution in [0.3, 0.4) is 0 Å². The molecule has 0 radical (unpaired) electrons. The molecular formula is C22H20N6O. The van der Waals surface area contributed by atoms with Crippen LogP contribution in [0.4, 0.5) is 17.2 Å². The molecule has 2 aromatic carbocycles. The van der Waals surface area contributed by atoms with Crippen LogP contribution in [0.5, 0.6) is 0 Å². The molecule has 0 bridgehead atoms. The number of hydrogen-bond acceptors (Lipinski definition) is 6. The van der Waals surface area contributed by atoms with Crippen LogP contribution in [0.25, 0.3) is 0 Å². The number of nitrogens with zero attached hydrogens (tertiary/aromatic N) is 5. The normalized spacial score (nSPS) is 13.6. The van der Waals surface area contributed by atoms with Gasteiger partial charge in [0.15, 0.2) is 11.5 Å². The number of anilines is 3. The summed E-state index contributed by atoms with van der Waals surface area (Å²) in [7, 11) is 0. The number of aromatic nitrogens is 2. The molecule has 29 heavy (non-hydrogen) atoms. The lowest BCUT2D eigenvalue weighted by Gasteiger charge is -2.35. The highest BCUT2D eigenvalue weighted by Gasteiger charge is 2.23. The number of benzene rings is 2. The van der Waals surface area contributed by atoms with Crippen LogP contribution in [0.15, 0.2) is 66.7 Å². The maximum atomic E-state index is 12.8. The Labute approximate surface area is 169 Å². The Morgan fingerprint density at radius 2 is 1.62 bits per heavy atom. The lowest BCUT2D eigenvalue weighted by Crippen LogP contribution is -2.49. The Bertz CT molecular complexity index is 1020. The molecule has 0 aliphatic carbocycles. The molecular weight excluding hydrogens is 364 g/mol. The number of amides is 1. The number of nitrogens with one attached hydrogen (secondary N) is 1. The molecule has 1 aliphatic rings. The molecule has 1 saturated heterocycles. The first-order chi connectivity index (χ1) is 14.2. The summed E-state index contributed by atoms with van der Waals surface area (Å²) in [5.74, 6) is 0.368. The molecule has 7 nitrogen and oxygen atoms in total. The molecule has 0 atom stereocenters. The highest BCUT2D eigenvalue weighted by atomic mass is 16.2. The summed E-state index contributed by atoms with van der Waals surface area (Å²) in [5, 5.41) is 20.4. The van der Waals surface area contributed by atoms with Gasteiger partial charge in [-0.1, -0.05) is 30.3 Å². The van der Waals surface area contributed by atoms with Crippen molar-refractivity contribution in [1.82, 2.24) is 15.1 Å². The average molecular weight is 384 g/mol. The van der Waals surface area contributed by atoms with Crippen molar-refractivity contribution < 1.29 is 4.79 Å². The third-order valence-electron chi connectivity index (χ3n) is 4.88. The largest absolute Gasteiger partial charge is 0.368 e. The third-order valence-corrected chi connectivity index (χ3v) is 4.88. The quantitative estimate of drug-likeness (QED) is 0.744. The zero-order chi connectivity index (χ0) is 20.1. The SMILES string of the molecule is N#Cc1ccccc1Nc1ccc(C(=O)N2CCN(c3ccccc3)CC2)nn1. The van der Waals surface area contributed by atoms with Gasteiger partial charge in [-0.3, -0.25) is 4.79 Å². The molecule has 0 spiro atoms. The van der Waals surface area contributed by atoms with Crippen molar-refractivity contribution in [3.63, 3.8) is 0 Å². The molecule has 0 saturated carbocycles.